The topological polar surface area (TPSA) is 71.3 Å². The van der Waals surface area contributed by atoms with Crippen molar-refractivity contribution in [2.45, 2.75) is 51.5 Å². The van der Waals surface area contributed by atoms with Gasteiger partial charge in [0.25, 0.3) is 0 Å². The molecule has 0 bridgehead atoms. The van der Waals surface area contributed by atoms with Gasteiger partial charge in [-0.05, 0) is 38.0 Å². The van der Waals surface area contributed by atoms with Crippen LogP contribution >= 0.6 is 0 Å². The number of carbonyl (C=O) groups is 1. The molecule has 2 aliphatic rings. The smallest absolute Gasteiger partial charge is 0.323 e. The molecule has 3 rings (SSSR count). The summed E-state index contributed by atoms with van der Waals surface area (Å²) in [5.41, 5.74) is 0.818. The van der Waals surface area contributed by atoms with Gasteiger partial charge in [0.1, 0.15) is 17.4 Å². The van der Waals surface area contributed by atoms with Crippen LogP contribution in [0, 0.1) is 17.2 Å². The van der Waals surface area contributed by atoms with Crippen molar-refractivity contribution in [3.05, 3.63) is 29.3 Å². The van der Waals surface area contributed by atoms with Crippen molar-refractivity contribution in [3.8, 4) is 11.8 Å². The van der Waals surface area contributed by atoms with Gasteiger partial charge in [0.05, 0.1) is 17.7 Å². The van der Waals surface area contributed by atoms with Gasteiger partial charge < -0.3 is 9.47 Å². The van der Waals surface area contributed by atoms with E-state index in [0.29, 0.717) is 5.56 Å². The summed E-state index contributed by atoms with van der Waals surface area (Å²) < 4.78 is 11.7. The van der Waals surface area contributed by atoms with Gasteiger partial charge in [0.2, 0.25) is 0 Å². The first kappa shape index (κ1) is 14.9. The molecule has 0 amide bonds. The Labute approximate surface area is 130 Å². The molecule has 3 atom stereocenters. The van der Waals surface area contributed by atoms with E-state index in [1.54, 1.807) is 6.07 Å². The van der Waals surface area contributed by atoms with Crippen LogP contribution in [0.25, 0.3) is 0 Å². The van der Waals surface area contributed by atoms with E-state index in [-0.39, 0.29) is 24.0 Å². The van der Waals surface area contributed by atoms with E-state index in [1.165, 1.54) is 0 Å². The monoisotopic (exact) mass is 300 g/mol. The average molecular weight is 300 g/mol. The molecule has 1 saturated heterocycles. The highest BCUT2D eigenvalue weighted by molar-refractivity contribution is 5.77. The Morgan fingerprint density at radius 1 is 1.36 bits per heavy atom. The van der Waals surface area contributed by atoms with Crippen LogP contribution in [0.3, 0.4) is 0 Å². The molecule has 0 unspecified atom stereocenters. The molecule has 5 heteroatoms. The van der Waals surface area contributed by atoms with Crippen molar-refractivity contribution < 1.29 is 14.3 Å². The van der Waals surface area contributed by atoms with Crippen LogP contribution in [0.5, 0.6) is 5.75 Å². The van der Waals surface area contributed by atoms with Crippen LogP contribution in [0.1, 0.15) is 44.9 Å². The minimum atomic E-state index is -0.629. The highest BCUT2D eigenvalue weighted by Crippen LogP contribution is 2.43. The molecule has 116 valence electrons. The van der Waals surface area contributed by atoms with Crippen molar-refractivity contribution in [3.63, 3.8) is 0 Å². The normalized spacial score (nSPS) is 28.9. The molecule has 22 heavy (non-hydrogen) atoms. The molecule has 0 saturated carbocycles. The van der Waals surface area contributed by atoms with Crippen LogP contribution in [0.2, 0.25) is 0 Å². The second kappa shape index (κ2) is 4.99. The molecule has 0 aliphatic carbocycles. The minimum Gasteiger partial charge on any atom is -0.484 e. The average Bonchev–Trinajstić information content (AvgIpc) is 2.46. The van der Waals surface area contributed by atoms with E-state index in [1.807, 2.05) is 39.8 Å². The van der Waals surface area contributed by atoms with Crippen LogP contribution < -0.4 is 10.1 Å². The van der Waals surface area contributed by atoms with Crippen molar-refractivity contribution >= 4 is 5.97 Å². The second-order valence-corrected chi connectivity index (χ2v) is 6.79. The minimum absolute atomic E-state index is 0.127. The molecular formula is C17H20N2O3. The van der Waals surface area contributed by atoms with Gasteiger partial charge in [0, 0.05) is 5.56 Å². The number of nitriles is 1. The van der Waals surface area contributed by atoms with Gasteiger partial charge in [0.15, 0.2) is 6.10 Å². The molecule has 1 N–H and O–H groups in total. The fourth-order valence-corrected chi connectivity index (χ4v) is 3.17. The second-order valence-electron chi connectivity index (χ2n) is 6.79. The third-order valence-electron chi connectivity index (χ3n) is 4.36. The van der Waals surface area contributed by atoms with Crippen LogP contribution in [0.4, 0.5) is 0 Å². The largest absolute Gasteiger partial charge is 0.484 e. The van der Waals surface area contributed by atoms with Gasteiger partial charge in [-0.15, -0.1) is 0 Å². The Morgan fingerprint density at radius 2 is 2.09 bits per heavy atom. The lowest BCUT2D eigenvalue weighted by atomic mass is 9.83. The first-order valence-electron chi connectivity index (χ1n) is 7.53. The Morgan fingerprint density at radius 3 is 2.73 bits per heavy atom. The number of carbonyl (C=O) groups excluding carboxylic acids is 1. The predicted octanol–water partition coefficient (Wildman–Crippen LogP) is 2.31. The summed E-state index contributed by atoms with van der Waals surface area (Å²) in [5.74, 6) is 0.619. The van der Waals surface area contributed by atoms with Crippen molar-refractivity contribution in [2.75, 3.05) is 0 Å². The number of nitrogens with zero attached hydrogens (tertiary/aromatic N) is 1. The third-order valence-corrected chi connectivity index (χ3v) is 4.36. The zero-order valence-electron chi connectivity index (χ0n) is 13.2. The Kier molecular flexibility index (Phi) is 3.37. The molecule has 2 aliphatic heterocycles. The van der Waals surface area contributed by atoms with Crippen LogP contribution in [0.15, 0.2) is 18.2 Å². The van der Waals surface area contributed by atoms with E-state index in [9.17, 15) is 4.79 Å². The quantitative estimate of drug-likeness (QED) is 0.806. The number of rotatable bonds is 1. The lowest BCUT2D eigenvalue weighted by Crippen LogP contribution is -2.62. The maximum atomic E-state index is 12.2. The van der Waals surface area contributed by atoms with Gasteiger partial charge in [-0.25, -0.2) is 0 Å². The van der Waals surface area contributed by atoms with Gasteiger partial charge >= 0.3 is 5.97 Å². The summed E-state index contributed by atoms with van der Waals surface area (Å²) in [6.45, 7) is 7.79. The summed E-state index contributed by atoms with van der Waals surface area (Å²) in [7, 11) is 0. The molecule has 0 radical (unpaired) electrons. The molecule has 1 fully saturated rings. The molecular weight excluding hydrogens is 280 g/mol. The zero-order valence-corrected chi connectivity index (χ0v) is 13.2. The fraction of sp³-hybridized carbons (Fsp3) is 0.529. The SMILES string of the molecule is CC(C)[C@@H]1N[C@@H]2c3cc(C#N)ccc3OC(C)(C)[C@H]2OC1=O. The van der Waals surface area contributed by atoms with Crippen molar-refractivity contribution in [1.29, 1.82) is 5.26 Å². The van der Waals surface area contributed by atoms with Gasteiger partial charge in [-0.1, -0.05) is 13.8 Å². The van der Waals surface area contributed by atoms with Crippen LogP contribution in [-0.2, 0) is 9.53 Å². The highest BCUT2D eigenvalue weighted by Gasteiger charge is 2.51. The lowest BCUT2D eigenvalue weighted by Gasteiger charge is -2.48. The number of esters is 1. The summed E-state index contributed by atoms with van der Waals surface area (Å²) in [6, 6.07) is 6.99. The number of morpholine rings is 1. The standard InChI is InChI=1S/C17H20N2O3/c1-9(2)13-16(20)21-15-14(19-13)11-7-10(8-18)5-6-12(11)22-17(15,3)4/h5-7,9,13-15,19H,1-4H3/t13-,14+,15-/m0/s1. The van der Waals surface area contributed by atoms with Gasteiger partial charge in [-0.2, -0.15) is 5.26 Å². The highest BCUT2D eigenvalue weighted by atomic mass is 16.6. The zero-order chi connectivity index (χ0) is 16.1. The number of hydrogen-bond donors (Lipinski definition) is 1. The fourth-order valence-electron chi connectivity index (χ4n) is 3.17. The van der Waals surface area contributed by atoms with Crippen molar-refractivity contribution in [2.24, 2.45) is 5.92 Å². The summed E-state index contributed by atoms with van der Waals surface area (Å²) in [4.78, 5) is 12.2. The van der Waals surface area contributed by atoms with Gasteiger partial charge in [-0.3, -0.25) is 10.1 Å². The molecule has 1 aromatic carbocycles. The molecule has 0 spiro atoms. The molecule has 1 aromatic rings. The van der Waals surface area contributed by atoms with E-state index >= 15 is 0 Å². The third kappa shape index (κ3) is 2.24. The summed E-state index contributed by atoms with van der Waals surface area (Å²) >= 11 is 0. The molecule has 5 nitrogen and oxygen atoms in total. The first-order chi connectivity index (χ1) is 10.3. The Hall–Kier alpha value is -2.06. The molecule has 2 heterocycles. The van der Waals surface area contributed by atoms with E-state index < -0.39 is 11.7 Å². The Balaban J connectivity index is 2.07. The van der Waals surface area contributed by atoms with Crippen LogP contribution in [-0.4, -0.2) is 23.7 Å². The maximum Gasteiger partial charge on any atom is 0.323 e. The number of benzene rings is 1. The number of nitrogens with one attached hydrogen (secondary N) is 1. The summed E-state index contributed by atoms with van der Waals surface area (Å²) in [6.07, 6.45) is -0.420. The summed E-state index contributed by atoms with van der Waals surface area (Å²) in [5, 5.41) is 12.5. The molecule has 0 aromatic heterocycles. The lowest BCUT2D eigenvalue weighted by molar-refractivity contribution is -0.180. The van der Waals surface area contributed by atoms with E-state index in [4.69, 9.17) is 14.7 Å². The van der Waals surface area contributed by atoms with Crippen molar-refractivity contribution in [1.82, 2.24) is 5.32 Å². The number of ether oxygens (including phenoxy) is 2. The Bertz CT molecular complexity index is 660. The predicted molar refractivity (Wildman–Crippen MR) is 80.2 cm³/mol. The number of fused-ring (bicyclic) bond motifs is 3. The van der Waals surface area contributed by atoms with E-state index in [2.05, 4.69) is 11.4 Å². The number of hydrogen-bond acceptors (Lipinski definition) is 5. The first-order valence-corrected chi connectivity index (χ1v) is 7.53. The maximum absolute atomic E-state index is 12.2. The van der Waals surface area contributed by atoms with E-state index in [0.717, 1.165) is 11.3 Å².